The molecule has 0 aliphatic heterocycles. The van der Waals surface area contributed by atoms with Gasteiger partial charge in [-0.25, -0.2) is 9.78 Å². The molecule has 7 nitrogen and oxygen atoms in total. The summed E-state index contributed by atoms with van der Waals surface area (Å²) in [4.78, 5) is 31.3. The smallest absolute Gasteiger partial charge is 0.326 e. The zero-order valence-electron chi connectivity index (χ0n) is 21.4. The summed E-state index contributed by atoms with van der Waals surface area (Å²) >= 11 is 1.61. The number of hydrogen-bond donors (Lipinski definition) is 2. The van der Waals surface area contributed by atoms with Crippen LogP contribution in [0.4, 0.5) is 5.13 Å². The minimum Gasteiger partial charge on any atom is -0.497 e. The Kier molecular flexibility index (Phi) is 9.87. The predicted octanol–water partition coefficient (Wildman–Crippen LogP) is 5.85. The van der Waals surface area contributed by atoms with Crippen molar-refractivity contribution in [3.63, 3.8) is 0 Å². The molecule has 3 rings (SSSR count). The SMILES string of the molecule is CCCCN(Cc1ccc(C(=O)NC(CC(C)C)C(=O)O)cc1)c1nc(-c2cccc(OC)c2)cs1. The molecule has 0 aliphatic rings. The molecule has 0 saturated heterocycles. The first-order valence-electron chi connectivity index (χ1n) is 12.3. The van der Waals surface area contributed by atoms with E-state index in [1.54, 1.807) is 30.6 Å². The van der Waals surface area contributed by atoms with Crippen molar-refractivity contribution >= 4 is 28.3 Å². The highest BCUT2D eigenvalue weighted by molar-refractivity contribution is 7.14. The van der Waals surface area contributed by atoms with Crippen LogP contribution in [0.25, 0.3) is 11.3 Å². The zero-order chi connectivity index (χ0) is 26.1. The summed E-state index contributed by atoms with van der Waals surface area (Å²) in [5.41, 5.74) is 3.43. The highest BCUT2D eigenvalue weighted by Crippen LogP contribution is 2.30. The monoisotopic (exact) mass is 509 g/mol. The average molecular weight is 510 g/mol. The maximum atomic E-state index is 12.6. The zero-order valence-corrected chi connectivity index (χ0v) is 22.2. The standard InChI is InChI=1S/C28H35N3O4S/c1-5-6-14-31(28-30-25(18-36-28)22-8-7-9-23(16-22)35-4)17-20-10-12-21(13-11-20)26(32)29-24(27(33)34)15-19(2)3/h7-13,16,18-19,24H,5-6,14-15,17H2,1-4H3,(H,29,32)(H,33,34). The van der Waals surface area contributed by atoms with Crippen molar-refractivity contribution in [3.8, 4) is 17.0 Å². The molecule has 1 amide bonds. The molecule has 0 saturated carbocycles. The van der Waals surface area contributed by atoms with E-state index in [4.69, 9.17) is 9.72 Å². The lowest BCUT2D eigenvalue weighted by molar-refractivity contribution is -0.139. The molecule has 2 N–H and O–H groups in total. The number of hydrogen-bond acceptors (Lipinski definition) is 6. The van der Waals surface area contributed by atoms with Crippen molar-refractivity contribution in [2.75, 3.05) is 18.6 Å². The fourth-order valence-electron chi connectivity index (χ4n) is 3.83. The third-order valence-electron chi connectivity index (χ3n) is 5.81. The number of anilines is 1. The van der Waals surface area contributed by atoms with E-state index in [9.17, 15) is 14.7 Å². The minimum atomic E-state index is -1.02. The van der Waals surface area contributed by atoms with Crippen molar-refractivity contribution in [1.29, 1.82) is 0 Å². The number of aromatic nitrogens is 1. The van der Waals surface area contributed by atoms with Crippen LogP contribution in [0, 0.1) is 5.92 Å². The Morgan fingerprint density at radius 2 is 1.92 bits per heavy atom. The quantitative estimate of drug-likeness (QED) is 0.300. The fourth-order valence-corrected chi connectivity index (χ4v) is 4.69. The molecule has 36 heavy (non-hydrogen) atoms. The van der Waals surface area contributed by atoms with Gasteiger partial charge in [-0.3, -0.25) is 4.79 Å². The molecule has 1 heterocycles. The third kappa shape index (κ3) is 7.55. The Morgan fingerprint density at radius 1 is 1.17 bits per heavy atom. The van der Waals surface area contributed by atoms with Crippen LogP contribution < -0.4 is 15.0 Å². The summed E-state index contributed by atoms with van der Waals surface area (Å²) in [6.45, 7) is 7.57. The lowest BCUT2D eigenvalue weighted by atomic mass is 10.0. The number of carbonyl (C=O) groups is 2. The van der Waals surface area contributed by atoms with Crippen LogP contribution in [-0.4, -0.2) is 41.7 Å². The molecule has 0 fully saturated rings. The molecule has 1 unspecified atom stereocenters. The lowest BCUT2D eigenvalue weighted by Gasteiger charge is -2.22. The molecule has 3 aromatic rings. The van der Waals surface area contributed by atoms with Crippen LogP contribution >= 0.6 is 11.3 Å². The second kappa shape index (κ2) is 13.1. The van der Waals surface area contributed by atoms with Gasteiger partial charge < -0.3 is 20.1 Å². The molecule has 1 aromatic heterocycles. The van der Waals surface area contributed by atoms with Crippen LogP contribution in [0.3, 0.4) is 0 Å². The summed E-state index contributed by atoms with van der Waals surface area (Å²) in [6.07, 6.45) is 2.50. The largest absolute Gasteiger partial charge is 0.497 e. The molecule has 2 aromatic carbocycles. The average Bonchev–Trinajstić information content (AvgIpc) is 3.36. The summed E-state index contributed by atoms with van der Waals surface area (Å²) in [5.74, 6) is -0.427. The Balaban J connectivity index is 1.72. The highest BCUT2D eigenvalue weighted by Gasteiger charge is 2.22. The van der Waals surface area contributed by atoms with Crippen LogP contribution in [0.1, 0.15) is 56.0 Å². The molecule has 0 aliphatic carbocycles. The van der Waals surface area contributed by atoms with Gasteiger partial charge in [0.1, 0.15) is 11.8 Å². The van der Waals surface area contributed by atoms with Gasteiger partial charge >= 0.3 is 5.97 Å². The van der Waals surface area contributed by atoms with Gasteiger partial charge in [0.2, 0.25) is 0 Å². The van der Waals surface area contributed by atoms with Crippen molar-refractivity contribution < 1.29 is 19.4 Å². The number of amides is 1. The summed E-state index contributed by atoms with van der Waals surface area (Å²) in [5, 5.41) is 15.1. The Morgan fingerprint density at radius 3 is 2.56 bits per heavy atom. The number of thiazole rings is 1. The number of carboxylic acid groups (broad SMARTS) is 1. The number of aliphatic carboxylic acids is 1. The van der Waals surface area contributed by atoms with Crippen molar-refractivity contribution in [3.05, 3.63) is 65.0 Å². The number of ether oxygens (including phenoxy) is 1. The number of carboxylic acids is 1. The van der Waals surface area contributed by atoms with Gasteiger partial charge in [-0.05, 0) is 48.6 Å². The second-order valence-corrected chi connectivity index (χ2v) is 10.0. The topological polar surface area (TPSA) is 91.8 Å². The van der Waals surface area contributed by atoms with Gasteiger partial charge in [-0.1, -0.05) is 51.5 Å². The van der Waals surface area contributed by atoms with Crippen LogP contribution in [-0.2, 0) is 11.3 Å². The van der Waals surface area contributed by atoms with Crippen molar-refractivity contribution in [2.24, 2.45) is 5.92 Å². The Hall–Kier alpha value is -3.39. The number of rotatable bonds is 13. The van der Waals surface area contributed by atoms with Gasteiger partial charge in [0.15, 0.2) is 5.13 Å². The molecule has 8 heteroatoms. The molecule has 0 radical (unpaired) electrons. The summed E-state index contributed by atoms with van der Waals surface area (Å²) < 4.78 is 5.35. The van der Waals surface area contributed by atoms with Crippen molar-refractivity contribution in [1.82, 2.24) is 10.3 Å². The number of unbranched alkanes of at least 4 members (excludes halogenated alkanes) is 1. The van der Waals surface area contributed by atoms with Gasteiger partial charge in [0, 0.05) is 29.6 Å². The maximum Gasteiger partial charge on any atom is 0.326 e. The third-order valence-corrected chi connectivity index (χ3v) is 6.71. The van der Waals surface area contributed by atoms with E-state index in [0.717, 1.165) is 47.1 Å². The van der Waals surface area contributed by atoms with Crippen LogP contribution in [0.2, 0.25) is 0 Å². The van der Waals surface area contributed by atoms with E-state index in [1.807, 2.05) is 50.2 Å². The number of carbonyl (C=O) groups excluding carboxylic acids is 1. The first-order chi connectivity index (χ1) is 17.3. The number of nitrogens with zero attached hydrogens (tertiary/aromatic N) is 2. The van der Waals surface area contributed by atoms with Crippen molar-refractivity contribution in [2.45, 2.75) is 52.6 Å². The van der Waals surface area contributed by atoms with E-state index in [0.29, 0.717) is 18.5 Å². The molecule has 192 valence electrons. The molecular formula is C28H35N3O4S. The van der Waals surface area contributed by atoms with E-state index < -0.39 is 12.0 Å². The molecule has 1 atom stereocenters. The first kappa shape index (κ1) is 27.2. The second-order valence-electron chi connectivity index (χ2n) is 9.21. The van der Waals surface area contributed by atoms with E-state index in [2.05, 4.69) is 22.5 Å². The fraction of sp³-hybridized carbons (Fsp3) is 0.393. The van der Waals surface area contributed by atoms with Crippen LogP contribution in [0.15, 0.2) is 53.9 Å². The van der Waals surface area contributed by atoms with Gasteiger partial charge in [0.05, 0.1) is 12.8 Å². The highest BCUT2D eigenvalue weighted by atomic mass is 32.1. The first-order valence-corrected chi connectivity index (χ1v) is 13.2. The molecular weight excluding hydrogens is 474 g/mol. The lowest BCUT2D eigenvalue weighted by Crippen LogP contribution is -2.41. The van der Waals surface area contributed by atoms with Gasteiger partial charge in [0.25, 0.3) is 5.91 Å². The number of benzene rings is 2. The molecule has 0 bridgehead atoms. The van der Waals surface area contributed by atoms with E-state index in [1.165, 1.54) is 0 Å². The van der Waals surface area contributed by atoms with E-state index in [-0.39, 0.29) is 11.8 Å². The molecule has 0 spiro atoms. The Labute approximate surface area is 217 Å². The van der Waals surface area contributed by atoms with Gasteiger partial charge in [-0.15, -0.1) is 11.3 Å². The van der Waals surface area contributed by atoms with Gasteiger partial charge in [-0.2, -0.15) is 0 Å². The normalized spacial score (nSPS) is 11.8. The Bertz CT molecular complexity index is 1140. The number of methoxy groups -OCH3 is 1. The summed E-state index contributed by atoms with van der Waals surface area (Å²) in [6, 6.07) is 14.3. The minimum absolute atomic E-state index is 0.165. The predicted molar refractivity (Wildman–Crippen MR) is 145 cm³/mol. The number of nitrogens with one attached hydrogen (secondary N) is 1. The van der Waals surface area contributed by atoms with Crippen LogP contribution in [0.5, 0.6) is 5.75 Å². The summed E-state index contributed by atoms with van der Waals surface area (Å²) in [7, 11) is 1.66. The van der Waals surface area contributed by atoms with E-state index >= 15 is 0 Å². The maximum absolute atomic E-state index is 12.6.